The summed E-state index contributed by atoms with van der Waals surface area (Å²) in [6, 6.07) is 0. The van der Waals surface area contributed by atoms with Crippen molar-refractivity contribution in [3.8, 4) is 0 Å². The minimum Gasteiger partial charge on any atom is -0.345 e. The molecule has 0 spiro atoms. The number of amides is 1. The van der Waals surface area contributed by atoms with Gasteiger partial charge in [0.05, 0.1) is 5.25 Å². The van der Waals surface area contributed by atoms with Gasteiger partial charge in [0.25, 0.3) is 5.56 Å². The first kappa shape index (κ1) is 17.9. The Morgan fingerprint density at radius 2 is 2.04 bits per heavy atom. The van der Waals surface area contributed by atoms with Crippen LogP contribution in [0.5, 0.6) is 0 Å². The summed E-state index contributed by atoms with van der Waals surface area (Å²) in [7, 11) is 0. The van der Waals surface area contributed by atoms with Crippen LogP contribution in [-0.2, 0) is 4.79 Å². The smallest absolute Gasteiger partial charge is 0.254 e. The van der Waals surface area contributed by atoms with E-state index in [1.165, 1.54) is 11.8 Å². The Morgan fingerprint density at radius 1 is 1.32 bits per heavy atom. The molecule has 0 radical (unpaired) electrons. The van der Waals surface area contributed by atoms with E-state index in [0.29, 0.717) is 29.5 Å². The number of H-pyrrole nitrogens is 1. The van der Waals surface area contributed by atoms with Crippen molar-refractivity contribution in [2.45, 2.75) is 31.2 Å². The number of thioether (sulfide) groups is 1. The lowest BCUT2D eigenvalue weighted by atomic mass is 10.3. The number of piperazine rings is 1. The zero-order valence-corrected chi connectivity index (χ0v) is 16.1. The number of aromatic nitrogens is 3. The van der Waals surface area contributed by atoms with Gasteiger partial charge in [-0.05, 0) is 20.8 Å². The lowest BCUT2D eigenvalue weighted by molar-refractivity contribution is -0.130. The Hall–Kier alpha value is -1.87. The van der Waals surface area contributed by atoms with Crippen LogP contribution in [0.15, 0.2) is 21.5 Å². The van der Waals surface area contributed by atoms with Crippen molar-refractivity contribution < 1.29 is 4.79 Å². The third-order valence-corrected chi connectivity index (χ3v) is 6.09. The van der Waals surface area contributed by atoms with Gasteiger partial charge < -0.3 is 14.8 Å². The van der Waals surface area contributed by atoms with Crippen LogP contribution in [0.2, 0.25) is 0 Å². The van der Waals surface area contributed by atoms with Gasteiger partial charge in [0, 0.05) is 49.0 Å². The normalized spacial score (nSPS) is 16.1. The Bertz CT molecular complexity index is 797. The van der Waals surface area contributed by atoms with Crippen LogP contribution in [0.1, 0.15) is 18.2 Å². The van der Waals surface area contributed by atoms with Gasteiger partial charge in [-0.3, -0.25) is 9.59 Å². The van der Waals surface area contributed by atoms with Crippen LogP contribution in [0.4, 0.5) is 5.13 Å². The molecular formula is C16H21N5O2S2. The summed E-state index contributed by atoms with van der Waals surface area (Å²) in [6.07, 6.45) is 1.80. The number of nitrogens with one attached hydrogen (secondary N) is 1. The molecular weight excluding hydrogens is 358 g/mol. The van der Waals surface area contributed by atoms with Crippen molar-refractivity contribution in [3.05, 3.63) is 33.2 Å². The van der Waals surface area contributed by atoms with Crippen molar-refractivity contribution in [2.75, 3.05) is 31.1 Å². The van der Waals surface area contributed by atoms with Gasteiger partial charge in [0.1, 0.15) is 0 Å². The van der Waals surface area contributed by atoms with Crippen LogP contribution >= 0.6 is 23.1 Å². The molecule has 1 N–H and O–H groups in total. The molecule has 7 nitrogen and oxygen atoms in total. The van der Waals surface area contributed by atoms with Gasteiger partial charge >= 0.3 is 0 Å². The number of carbonyl (C=O) groups excluding carboxylic acids is 1. The van der Waals surface area contributed by atoms with Crippen molar-refractivity contribution in [3.63, 3.8) is 0 Å². The minimum atomic E-state index is -0.295. The average molecular weight is 380 g/mol. The van der Waals surface area contributed by atoms with E-state index in [4.69, 9.17) is 0 Å². The van der Waals surface area contributed by atoms with E-state index in [0.717, 1.165) is 18.2 Å². The second kappa shape index (κ2) is 7.57. The zero-order chi connectivity index (χ0) is 18.0. The molecule has 2 aromatic heterocycles. The first-order chi connectivity index (χ1) is 12.0. The maximum atomic E-state index is 12.7. The quantitative estimate of drug-likeness (QED) is 0.643. The monoisotopic (exact) mass is 379 g/mol. The SMILES string of the molecule is Cc1nc(S[C@@H](C)C(=O)N2CCN(c3nccs3)CC2)[nH]c(=O)c1C. The van der Waals surface area contributed by atoms with Gasteiger partial charge in [0.15, 0.2) is 10.3 Å². The van der Waals surface area contributed by atoms with Crippen molar-refractivity contribution in [1.29, 1.82) is 0 Å². The Balaban J connectivity index is 1.59. The summed E-state index contributed by atoms with van der Waals surface area (Å²) in [5.41, 5.74) is 1.16. The number of thiazole rings is 1. The van der Waals surface area contributed by atoms with E-state index < -0.39 is 0 Å². The van der Waals surface area contributed by atoms with Crippen LogP contribution in [0.3, 0.4) is 0 Å². The summed E-state index contributed by atoms with van der Waals surface area (Å²) in [6.45, 7) is 8.34. The topological polar surface area (TPSA) is 82.2 Å². The van der Waals surface area contributed by atoms with Gasteiger partial charge in [-0.1, -0.05) is 11.8 Å². The van der Waals surface area contributed by atoms with Gasteiger partial charge in [-0.15, -0.1) is 11.3 Å². The number of hydrogen-bond donors (Lipinski definition) is 1. The number of aromatic amines is 1. The fourth-order valence-corrected chi connectivity index (χ4v) is 4.26. The Kier molecular flexibility index (Phi) is 5.43. The molecule has 1 amide bonds. The van der Waals surface area contributed by atoms with E-state index in [2.05, 4.69) is 19.9 Å². The number of anilines is 1. The molecule has 0 bridgehead atoms. The molecule has 3 rings (SSSR count). The fraction of sp³-hybridized carbons (Fsp3) is 0.500. The maximum absolute atomic E-state index is 12.7. The van der Waals surface area contributed by atoms with Crippen LogP contribution < -0.4 is 10.5 Å². The molecule has 1 saturated heterocycles. The predicted molar refractivity (Wildman–Crippen MR) is 101 cm³/mol. The lowest BCUT2D eigenvalue weighted by Gasteiger charge is -2.35. The highest BCUT2D eigenvalue weighted by Crippen LogP contribution is 2.23. The molecule has 0 saturated carbocycles. The van der Waals surface area contributed by atoms with Crippen molar-refractivity contribution in [2.24, 2.45) is 0 Å². The highest BCUT2D eigenvalue weighted by atomic mass is 32.2. The highest BCUT2D eigenvalue weighted by molar-refractivity contribution is 8.00. The van der Waals surface area contributed by atoms with Crippen molar-refractivity contribution in [1.82, 2.24) is 19.9 Å². The second-order valence-electron chi connectivity index (χ2n) is 5.97. The molecule has 1 fully saturated rings. The molecule has 0 aromatic carbocycles. The predicted octanol–water partition coefficient (Wildman–Crippen LogP) is 1.67. The average Bonchev–Trinajstić information content (AvgIpc) is 3.13. The Labute approximate surface area is 154 Å². The first-order valence-electron chi connectivity index (χ1n) is 8.13. The number of rotatable bonds is 4. The fourth-order valence-electron chi connectivity index (χ4n) is 2.64. The van der Waals surface area contributed by atoms with Gasteiger partial charge in [-0.2, -0.15) is 0 Å². The summed E-state index contributed by atoms with van der Waals surface area (Å²) in [5, 5.41) is 3.17. The lowest BCUT2D eigenvalue weighted by Crippen LogP contribution is -2.50. The van der Waals surface area contributed by atoms with Crippen LogP contribution in [0.25, 0.3) is 0 Å². The highest BCUT2D eigenvalue weighted by Gasteiger charge is 2.26. The molecule has 134 valence electrons. The molecule has 3 heterocycles. The van der Waals surface area contributed by atoms with Gasteiger partial charge in [-0.25, -0.2) is 9.97 Å². The van der Waals surface area contributed by atoms with E-state index >= 15 is 0 Å². The molecule has 2 aromatic rings. The molecule has 0 aliphatic carbocycles. The molecule has 25 heavy (non-hydrogen) atoms. The van der Waals surface area contributed by atoms with E-state index in [9.17, 15) is 9.59 Å². The number of hydrogen-bond acceptors (Lipinski definition) is 7. The first-order valence-corrected chi connectivity index (χ1v) is 9.89. The summed E-state index contributed by atoms with van der Waals surface area (Å²) in [4.78, 5) is 40.0. The number of nitrogens with zero attached hydrogens (tertiary/aromatic N) is 4. The number of carbonyl (C=O) groups is 1. The van der Waals surface area contributed by atoms with E-state index in [1.54, 1.807) is 31.4 Å². The van der Waals surface area contributed by atoms with E-state index in [1.807, 2.05) is 17.2 Å². The van der Waals surface area contributed by atoms with E-state index in [-0.39, 0.29) is 16.7 Å². The maximum Gasteiger partial charge on any atom is 0.254 e. The third kappa shape index (κ3) is 4.04. The summed E-state index contributed by atoms with van der Waals surface area (Å²) >= 11 is 2.92. The Morgan fingerprint density at radius 3 is 2.64 bits per heavy atom. The molecule has 1 aliphatic heterocycles. The standard InChI is InChI=1S/C16H21N5O2S2/c1-10-11(2)18-15(19-13(10)22)25-12(3)14(23)20-5-7-21(8-6-20)16-17-4-9-24-16/h4,9,12H,5-8H2,1-3H3,(H,18,19,22)/t12-/m0/s1. The molecule has 9 heteroatoms. The third-order valence-electron chi connectivity index (χ3n) is 4.29. The largest absolute Gasteiger partial charge is 0.345 e. The molecule has 1 aliphatic rings. The second-order valence-corrected chi connectivity index (χ2v) is 8.17. The molecule has 0 unspecified atom stereocenters. The summed E-state index contributed by atoms with van der Waals surface area (Å²) < 4.78 is 0. The van der Waals surface area contributed by atoms with Crippen LogP contribution in [0, 0.1) is 13.8 Å². The van der Waals surface area contributed by atoms with Crippen molar-refractivity contribution >= 4 is 34.1 Å². The molecule has 1 atom stereocenters. The number of aryl methyl sites for hydroxylation is 1. The van der Waals surface area contributed by atoms with Gasteiger partial charge in [0.2, 0.25) is 5.91 Å². The van der Waals surface area contributed by atoms with Crippen LogP contribution in [-0.4, -0.2) is 57.2 Å². The zero-order valence-electron chi connectivity index (χ0n) is 14.5. The minimum absolute atomic E-state index is 0.0738. The summed E-state index contributed by atoms with van der Waals surface area (Å²) in [5.74, 6) is 0.0738.